The van der Waals surface area contributed by atoms with Crippen molar-refractivity contribution in [3.8, 4) is 28.7 Å². The Labute approximate surface area is 206 Å². The molecular formula is C27H21NO8. The Morgan fingerprint density at radius 1 is 1.00 bits per heavy atom. The van der Waals surface area contributed by atoms with E-state index in [1.807, 2.05) is 6.92 Å². The zero-order chi connectivity index (χ0) is 25.1. The highest BCUT2D eigenvalue weighted by molar-refractivity contribution is 6.13. The standard InChI is InChI=1S/C27H21NO8/c1-3-32-23-13-16(4-10-22(23)35-26(29)17-5-8-19(31-2)9-6-17)12-20-27(30)36-25(28-20)18-7-11-21-24(14-18)34-15-33-21/h4-14H,3,15H2,1-2H3/b20-12+. The van der Waals surface area contributed by atoms with Crippen LogP contribution in [0.4, 0.5) is 0 Å². The average Bonchev–Trinajstić information content (AvgIpc) is 3.51. The molecule has 0 N–H and O–H groups in total. The Kier molecular flexibility index (Phi) is 6.27. The van der Waals surface area contributed by atoms with Crippen molar-refractivity contribution in [2.75, 3.05) is 20.5 Å². The van der Waals surface area contributed by atoms with Crippen molar-refractivity contribution in [2.45, 2.75) is 6.92 Å². The fraction of sp³-hybridized carbons (Fsp3) is 0.148. The van der Waals surface area contributed by atoms with E-state index in [1.54, 1.807) is 73.8 Å². The SMILES string of the molecule is CCOc1cc(/C=C2/N=C(c3ccc4c(c3)OCO4)OC2=O)ccc1OC(=O)c1ccc(OC)cc1. The summed E-state index contributed by atoms with van der Waals surface area (Å²) in [6.07, 6.45) is 1.57. The lowest BCUT2D eigenvalue weighted by molar-refractivity contribution is -0.129. The molecule has 0 spiro atoms. The Hall–Kier alpha value is -4.79. The second-order valence-corrected chi connectivity index (χ2v) is 7.66. The molecule has 0 saturated carbocycles. The predicted octanol–water partition coefficient (Wildman–Crippen LogP) is 4.39. The van der Waals surface area contributed by atoms with E-state index < -0.39 is 11.9 Å². The average molecular weight is 487 g/mol. The fourth-order valence-electron chi connectivity index (χ4n) is 3.57. The van der Waals surface area contributed by atoms with Gasteiger partial charge < -0.3 is 28.4 Å². The fourth-order valence-corrected chi connectivity index (χ4v) is 3.57. The van der Waals surface area contributed by atoms with Gasteiger partial charge in [-0.1, -0.05) is 6.07 Å². The van der Waals surface area contributed by atoms with Crippen LogP contribution in [-0.2, 0) is 9.53 Å². The molecule has 182 valence electrons. The van der Waals surface area contributed by atoms with Crippen molar-refractivity contribution in [3.63, 3.8) is 0 Å². The van der Waals surface area contributed by atoms with Gasteiger partial charge in [0.2, 0.25) is 12.7 Å². The Morgan fingerprint density at radius 2 is 1.81 bits per heavy atom. The molecule has 0 unspecified atom stereocenters. The zero-order valence-electron chi connectivity index (χ0n) is 19.5. The molecule has 0 radical (unpaired) electrons. The molecule has 9 nitrogen and oxygen atoms in total. The molecule has 3 aromatic carbocycles. The van der Waals surface area contributed by atoms with Crippen LogP contribution in [0, 0.1) is 0 Å². The van der Waals surface area contributed by atoms with Crippen LogP contribution in [0.25, 0.3) is 6.08 Å². The van der Waals surface area contributed by atoms with Crippen LogP contribution in [0.5, 0.6) is 28.7 Å². The maximum Gasteiger partial charge on any atom is 0.363 e. The Bertz CT molecular complexity index is 1390. The van der Waals surface area contributed by atoms with E-state index in [0.717, 1.165) is 0 Å². The van der Waals surface area contributed by atoms with Crippen molar-refractivity contribution in [3.05, 3.63) is 83.1 Å². The van der Waals surface area contributed by atoms with Crippen LogP contribution >= 0.6 is 0 Å². The van der Waals surface area contributed by atoms with E-state index in [4.69, 9.17) is 28.4 Å². The molecule has 0 fully saturated rings. The number of ether oxygens (including phenoxy) is 6. The van der Waals surface area contributed by atoms with Gasteiger partial charge >= 0.3 is 11.9 Å². The summed E-state index contributed by atoms with van der Waals surface area (Å²) in [7, 11) is 1.55. The number of rotatable bonds is 7. The van der Waals surface area contributed by atoms with Gasteiger partial charge in [-0.2, -0.15) is 0 Å². The number of hydrogen-bond donors (Lipinski definition) is 0. The van der Waals surface area contributed by atoms with Crippen LogP contribution in [0.15, 0.2) is 71.4 Å². The van der Waals surface area contributed by atoms with Crippen molar-refractivity contribution >= 4 is 23.9 Å². The normalized spacial score (nSPS) is 14.9. The minimum Gasteiger partial charge on any atom is -0.497 e. The molecule has 0 aromatic heterocycles. The molecule has 0 bridgehead atoms. The minimum atomic E-state index is -0.587. The van der Waals surface area contributed by atoms with Crippen molar-refractivity contribution in [1.82, 2.24) is 0 Å². The van der Waals surface area contributed by atoms with Crippen LogP contribution in [0.2, 0.25) is 0 Å². The lowest BCUT2D eigenvalue weighted by Crippen LogP contribution is -2.09. The molecule has 0 atom stereocenters. The molecule has 0 saturated heterocycles. The number of fused-ring (bicyclic) bond motifs is 1. The van der Waals surface area contributed by atoms with Gasteiger partial charge in [0.15, 0.2) is 28.7 Å². The smallest absolute Gasteiger partial charge is 0.363 e. The minimum absolute atomic E-state index is 0.119. The maximum atomic E-state index is 12.6. The van der Waals surface area contributed by atoms with Gasteiger partial charge in [0.1, 0.15) is 5.75 Å². The van der Waals surface area contributed by atoms with Crippen LogP contribution in [-0.4, -0.2) is 38.3 Å². The number of methoxy groups -OCH3 is 1. The molecule has 0 aliphatic carbocycles. The second kappa shape index (κ2) is 9.83. The summed E-state index contributed by atoms with van der Waals surface area (Å²) in [5.41, 5.74) is 1.69. The molecular weight excluding hydrogens is 466 g/mol. The molecule has 5 rings (SSSR count). The number of benzene rings is 3. The number of nitrogens with zero attached hydrogens (tertiary/aromatic N) is 1. The van der Waals surface area contributed by atoms with Crippen molar-refractivity contribution in [2.24, 2.45) is 4.99 Å². The van der Waals surface area contributed by atoms with Crippen LogP contribution in [0.3, 0.4) is 0 Å². The Balaban J connectivity index is 1.37. The summed E-state index contributed by atoms with van der Waals surface area (Å²) in [6.45, 7) is 2.31. The first-order chi connectivity index (χ1) is 17.5. The lowest BCUT2D eigenvalue weighted by Gasteiger charge is -2.11. The Morgan fingerprint density at radius 3 is 2.58 bits per heavy atom. The van der Waals surface area contributed by atoms with Gasteiger partial charge in [0.25, 0.3) is 0 Å². The number of carbonyl (C=O) groups excluding carboxylic acids is 2. The monoisotopic (exact) mass is 487 g/mol. The summed E-state index contributed by atoms with van der Waals surface area (Å²) >= 11 is 0. The van der Waals surface area contributed by atoms with Crippen molar-refractivity contribution < 1.29 is 38.0 Å². The predicted molar refractivity (Wildman–Crippen MR) is 129 cm³/mol. The summed E-state index contributed by atoms with van der Waals surface area (Å²) in [6, 6.07) is 16.7. The molecule has 3 aromatic rings. The van der Waals surface area contributed by atoms with Crippen molar-refractivity contribution in [1.29, 1.82) is 0 Å². The highest BCUT2D eigenvalue weighted by Gasteiger charge is 2.26. The summed E-state index contributed by atoms with van der Waals surface area (Å²) < 4.78 is 32.4. The molecule has 0 amide bonds. The maximum absolute atomic E-state index is 12.6. The van der Waals surface area contributed by atoms with E-state index in [0.29, 0.717) is 46.3 Å². The quantitative estimate of drug-likeness (QED) is 0.275. The van der Waals surface area contributed by atoms with Crippen LogP contribution in [0.1, 0.15) is 28.4 Å². The van der Waals surface area contributed by atoms with E-state index >= 15 is 0 Å². The van der Waals surface area contributed by atoms with E-state index in [2.05, 4.69) is 4.99 Å². The van der Waals surface area contributed by atoms with E-state index in [9.17, 15) is 9.59 Å². The number of carbonyl (C=O) groups is 2. The van der Waals surface area contributed by atoms with Crippen LogP contribution < -0.4 is 23.7 Å². The third kappa shape index (κ3) is 4.72. The largest absolute Gasteiger partial charge is 0.497 e. The summed E-state index contributed by atoms with van der Waals surface area (Å²) in [5.74, 6) is 1.45. The van der Waals surface area contributed by atoms with E-state index in [-0.39, 0.29) is 24.1 Å². The highest BCUT2D eigenvalue weighted by Crippen LogP contribution is 2.34. The first-order valence-electron chi connectivity index (χ1n) is 11.1. The molecule has 2 heterocycles. The number of esters is 2. The summed E-state index contributed by atoms with van der Waals surface area (Å²) in [5, 5.41) is 0. The molecule has 2 aliphatic heterocycles. The van der Waals surface area contributed by atoms with Gasteiger partial charge in [-0.25, -0.2) is 14.6 Å². The van der Waals surface area contributed by atoms with Gasteiger partial charge in [0, 0.05) is 5.56 Å². The van der Waals surface area contributed by atoms with Gasteiger partial charge in [-0.3, -0.25) is 0 Å². The highest BCUT2D eigenvalue weighted by atomic mass is 16.7. The van der Waals surface area contributed by atoms with Gasteiger partial charge in [-0.05, 0) is 73.2 Å². The lowest BCUT2D eigenvalue weighted by atomic mass is 10.1. The number of aliphatic imine (C=N–C) groups is 1. The third-order valence-corrected chi connectivity index (χ3v) is 5.34. The number of hydrogen-bond acceptors (Lipinski definition) is 9. The second-order valence-electron chi connectivity index (χ2n) is 7.66. The summed E-state index contributed by atoms with van der Waals surface area (Å²) in [4.78, 5) is 29.4. The molecule has 9 heteroatoms. The zero-order valence-corrected chi connectivity index (χ0v) is 19.5. The molecule has 36 heavy (non-hydrogen) atoms. The van der Waals surface area contributed by atoms with E-state index in [1.165, 1.54) is 0 Å². The first-order valence-corrected chi connectivity index (χ1v) is 11.1. The van der Waals surface area contributed by atoms with Gasteiger partial charge in [-0.15, -0.1) is 0 Å². The first kappa shape index (κ1) is 23.0. The molecule has 2 aliphatic rings. The topological polar surface area (TPSA) is 102 Å². The number of cyclic esters (lactones) is 1. The van der Waals surface area contributed by atoms with Gasteiger partial charge in [0.05, 0.1) is 19.3 Å². The third-order valence-electron chi connectivity index (χ3n) is 5.34.